The lowest BCUT2D eigenvalue weighted by Gasteiger charge is -2.34. The number of nitrogens with zero attached hydrogens (tertiary/aromatic N) is 1. The maximum Gasteiger partial charge on any atom is 0.410 e. The molecule has 1 amide bonds. The van der Waals surface area contributed by atoms with Crippen LogP contribution >= 0.6 is 0 Å². The van der Waals surface area contributed by atoms with Gasteiger partial charge in [0.15, 0.2) is 0 Å². The largest absolute Gasteiger partial charge is 0.444 e. The molecule has 1 rings (SSSR count). The van der Waals surface area contributed by atoms with E-state index in [1.165, 1.54) is 19.3 Å². The summed E-state index contributed by atoms with van der Waals surface area (Å²) >= 11 is 0. The molecule has 0 radical (unpaired) electrons. The van der Waals surface area contributed by atoms with Crippen LogP contribution in [0.1, 0.15) is 60.3 Å². The smallest absolute Gasteiger partial charge is 0.410 e. The zero-order chi connectivity index (χ0) is 15.2. The molecule has 0 aromatic heterocycles. The average Bonchev–Trinajstić information content (AvgIpc) is 2.33. The summed E-state index contributed by atoms with van der Waals surface area (Å²) < 4.78 is 5.46. The zero-order valence-corrected chi connectivity index (χ0v) is 13.9. The van der Waals surface area contributed by atoms with Crippen LogP contribution in [0, 0.1) is 5.92 Å². The van der Waals surface area contributed by atoms with Crippen molar-refractivity contribution in [2.75, 3.05) is 19.6 Å². The van der Waals surface area contributed by atoms with Gasteiger partial charge in [-0.05, 0) is 58.9 Å². The van der Waals surface area contributed by atoms with Crippen molar-refractivity contribution >= 4 is 6.09 Å². The van der Waals surface area contributed by atoms with Crippen molar-refractivity contribution in [1.29, 1.82) is 0 Å². The van der Waals surface area contributed by atoms with Gasteiger partial charge in [-0.2, -0.15) is 0 Å². The van der Waals surface area contributed by atoms with Gasteiger partial charge in [0, 0.05) is 19.1 Å². The predicted octanol–water partition coefficient (Wildman–Crippen LogP) is 3.41. The molecule has 1 saturated heterocycles. The molecule has 1 aliphatic heterocycles. The van der Waals surface area contributed by atoms with Crippen LogP contribution in [0.25, 0.3) is 0 Å². The van der Waals surface area contributed by atoms with Crippen LogP contribution in [0.15, 0.2) is 0 Å². The van der Waals surface area contributed by atoms with Crippen molar-refractivity contribution in [2.24, 2.45) is 5.92 Å². The Morgan fingerprint density at radius 3 is 2.70 bits per heavy atom. The monoisotopic (exact) mass is 284 g/mol. The first-order valence-corrected chi connectivity index (χ1v) is 7.99. The number of rotatable bonds is 5. The number of likely N-dealkylation sites (tertiary alicyclic amines) is 1. The van der Waals surface area contributed by atoms with E-state index in [2.05, 4.69) is 19.2 Å². The topological polar surface area (TPSA) is 41.6 Å². The van der Waals surface area contributed by atoms with Crippen molar-refractivity contribution in [1.82, 2.24) is 10.2 Å². The summed E-state index contributed by atoms with van der Waals surface area (Å²) in [4.78, 5) is 14.0. The van der Waals surface area contributed by atoms with Crippen LogP contribution < -0.4 is 5.32 Å². The van der Waals surface area contributed by atoms with Crippen molar-refractivity contribution in [3.8, 4) is 0 Å². The average molecular weight is 284 g/mol. The quantitative estimate of drug-likeness (QED) is 0.787. The Balaban J connectivity index is 2.29. The van der Waals surface area contributed by atoms with Crippen molar-refractivity contribution in [2.45, 2.75) is 71.9 Å². The van der Waals surface area contributed by atoms with Gasteiger partial charge in [0.05, 0.1) is 0 Å². The van der Waals surface area contributed by atoms with Gasteiger partial charge in [-0.25, -0.2) is 4.79 Å². The summed E-state index contributed by atoms with van der Waals surface area (Å²) in [5.74, 6) is 0.630. The lowest BCUT2D eigenvalue weighted by atomic mass is 9.93. The van der Waals surface area contributed by atoms with Crippen LogP contribution in [0.5, 0.6) is 0 Å². The van der Waals surface area contributed by atoms with Gasteiger partial charge < -0.3 is 15.0 Å². The fraction of sp³-hybridized carbons (Fsp3) is 0.938. The standard InChI is InChI=1S/C16H32N2O2/c1-13(2)17-10-6-8-14-9-7-11-18(12-14)15(19)20-16(3,4)5/h13-14,17H,6-12H2,1-5H3/t14-/m0/s1. The second-order valence-electron chi connectivity index (χ2n) is 7.19. The fourth-order valence-corrected chi connectivity index (χ4v) is 2.57. The highest BCUT2D eigenvalue weighted by molar-refractivity contribution is 5.68. The molecule has 20 heavy (non-hydrogen) atoms. The zero-order valence-electron chi connectivity index (χ0n) is 13.9. The number of amides is 1. The van der Waals surface area contributed by atoms with Crippen LogP contribution in [0.2, 0.25) is 0 Å². The van der Waals surface area contributed by atoms with E-state index < -0.39 is 5.60 Å². The van der Waals surface area contributed by atoms with Crippen molar-refractivity contribution < 1.29 is 9.53 Å². The maximum absolute atomic E-state index is 12.1. The van der Waals surface area contributed by atoms with Gasteiger partial charge in [-0.1, -0.05) is 13.8 Å². The SMILES string of the molecule is CC(C)NCCC[C@H]1CCCN(C(=O)OC(C)(C)C)C1. The lowest BCUT2D eigenvalue weighted by molar-refractivity contribution is 0.0161. The molecule has 1 heterocycles. The summed E-state index contributed by atoms with van der Waals surface area (Å²) in [6, 6.07) is 0.555. The van der Waals surface area contributed by atoms with E-state index in [1.54, 1.807) is 0 Å². The van der Waals surface area contributed by atoms with E-state index in [-0.39, 0.29) is 6.09 Å². The summed E-state index contributed by atoms with van der Waals surface area (Å²) in [5.41, 5.74) is -0.398. The second kappa shape index (κ2) is 7.87. The second-order valence-corrected chi connectivity index (χ2v) is 7.19. The molecule has 0 aromatic rings. The molecule has 0 aliphatic carbocycles. The van der Waals surface area contributed by atoms with Gasteiger partial charge >= 0.3 is 6.09 Å². The number of nitrogens with one attached hydrogen (secondary N) is 1. The summed E-state index contributed by atoms with van der Waals surface area (Å²) in [6.07, 6.45) is 4.56. The highest BCUT2D eigenvalue weighted by Crippen LogP contribution is 2.22. The van der Waals surface area contributed by atoms with Crippen molar-refractivity contribution in [3.63, 3.8) is 0 Å². The third-order valence-corrected chi connectivity index (χ3v) is 3.51. The maximum atomic E-state index is 12.1. The van der Waals surface area contributed by atoms with Crippen molar-refractivity contribution in [3.05, 3.63) is 0 Å². The number of ether oxygens (including phenoxy) is 1. The Labute approximate surface area is 124 Å². The van der Waals surface area contributed by atoms with Gasteiger partial charge in [-0.15, -0.1) is 0 Å². The molecule has 0 bridgehead atoms. The van der Waals surface area contributed by atoms with E-state index in [0.29, 0.717) is 12.0 Å². The number of hydrogen-bond acceptors (Lipinski definition) is 3. The predicted molar refractivity (Wildman–Crippen MR) is 82.9 cm³/mol. The third kappa shape index (κ3) is 7.13. The molecule has 1 atom stereocenters. The Morgan fingerprint density at radius 2 is 2.10 bits per heavy atom. The number of hydrogen-bond donors (Lipinski definition) is 1. The molecule has 118 valence electrons. The van der Waals surface area contributed by atoms with Gasteiger partial charge in [0.2, 0.25) is 0 Å². The molecule has 0 aromatic carbocycles. The van der Waals surface area contributed by atoms with Crippen LogP contribution in [0.4, 0.5) is 4.79 Å². The normalized spacial score (nSPS) is 20.3. The minimum absolute atomic E-state index is 0.150. The van der Waals surface area contributed by atoms with E-state index in [0.717, 1.165) is 26.1 Å². The minimum atomic E-state index is -0.398. The highest BCUT2D eigenvalue weighted by atomic mass is 16.6. The van der Waals surface area contributed by atoms with E-state index in [1.807, 2.05) is 25.7 Å². The first-order chi connectivity index (χ1) is 9.28. The van der Waals surface area contributed by atoms with Gasteiger partial charge in [0.1, 0.15) is 5.60 Å². The first kappa shape index (κ1) is 17.3. The minimum Gasteiger partial charge on any atom is -0.444 e. The molecule has 0 saturated carbocycles. The molecular weight excluding hydrogens is 252 g/mol. The Morgan fingerprint density at radius 1 is 1.40 bits per heavy atom. The first-order valence-electron chi connectivity index (χ1n) is 7.99. The van der Waals surface area contributed by atoms with E-state index in [9.17, 15) is 4.79 Å². The molecular formula is C16H32N2O2. The van der Waals surface area contributed by atoms with Gasteiger partial charge in [0.25, 0.3) is 0 Å². The highest BCUT2D eigenvalue weighted by Gasteiger charge is 2.27. The van der Waals surface area contributed by atoms with Crippen LogP contribution in [0.3, 0.4) is 0 Å². The molecule has 0 unspecified atom stereocenters. The number of carbonyl (C=O) groups excluding carboxylic acids is 1. The van der Waals surface area contributed by atoms with Crippen LogP contribution in [-0.2, 0) is 4.74 Å². The summed E-state index contributed by atoms with van der Waals surface area (Å²) in [7, 11) is 0. The molecule has 4 nitrogen and oxygen atoms in total. The van der Waals surface area contributed by atoms with Crippen LogP contribution in [-0.4, -0.2) is 42.3 Å². The Hall–Kier alpha value is -0.770. The van der Waals surface area contributed by atoms with Gasteiger partial charge in [-0.3, -0.25) is 0 Å². The molecule has 1 N–H and O–H groups in total. The Bertz CT molecular complexity index is 297. The fourth-order valence-electron chi connectivity index (χ4n) is 2.57. The van der Waals surface area contributed by atoms with E-state index in [4.69, 9.17) is 4.74 Å². The number of carbonyl (C=O) groups is 1. The Kier molecular flexibility index (Phi) is 6.80. The van der Waals surface area contributed by atoms with E-state index >= 15 is 0 Å². The number of piperidine rings is 1. The lowest BCUT2D eigenvalue weighted by Crippen LogP contribution is -2.43. The summed E-state index contributed by atoms with van der Waals surface area (Å²) in [5, 5.41) is 3.44. The molecule has 1 aliphatic rings. The molecule has 1 fully saturated rings. The molecule has 0 spiro atoms. The third-order valence-electron chi connectivity index (χ3n) is 3.51. The molecule has 4 heteroatoms. The summed E-state index contributed by atoms with van der Waals surface area (Å²) in [6.45, 7) is 12.9.